The van der Waals surface area contributed by atoms with Gasteiger partial charge in [0.1, 0.15) is 5.75 Å². The van der Waals surface area contributed by atoms with Crippen LogP contribution in [-0.2, 0) is 20.7 Å². The standard InChI is InChI=1S/C27H30N4O6S/c1-5-9-18-12-17(13-21(35-4)25(18)33)14-28-31-22(32)15-37-20-11-8-7-10-19(20)24-23(26(34)36-6-2)16(3)29-27(38)30-24/h5,7-8,10-14,24,33H,1,6,9,15H2,2-4H3,(H,31,32)(H2,29,30,38)/t24-/m1/s1. The summed E-state index contributed by atoms with van der Waals surface area (Å²) in [5.74, 6) is -0.281. The number of amides is 1. The predicted molar refractivity (Wildman–Crippen MR) is 147 cm³/mol. The molecule has 0 saturated carbocycles. The van der Waals surface area contributed by atoms with Gasteiger partial charge in [-0.1, -0.05) is 24.3 Å². The van der Waals surface area contributed by atoms with Gasteiger partial charge in [0, 0.05) is 16.8 Å². The molecule has 200 valence electrons. The average molecular weight is 539 g/mol. The van der Waals surface area contributed by atoms with Gasteiger partial charge in [0.2, 0.25) is 0 Å². The van der Waals surface area contributed by atoms with Crippen LogP contribution in [0.4, 0.5) is 0 Å². The molecule has 0 spiro atoms. The molecule has 3 rings (SSSR count). The first-order valence-corrected chi connectivity index (χ1v) is 12.2. The summed E-state index contributed by atoms with van der Waals surface area (Å²) in [5, 5.41) is 20.6. The number of hydrazone groups is 1. The first-order chi connectivity index (χ1) is 18.3. The smallest absolute Gasteiger partial charge is 0.338 e. The Labute approximate surface area is 226 Å². The zero-order valence-corrected chi connectivity index (χ0v) is 22.2. The lowest BCUT2D eigenvalue weighted by Gasteiger charge is -2.30. The van der Waals surface area contributed by atoms with Gasteiger partial charge in [0.15, 0.2) is 23.2 Å². The van der Waals surface area contributed by atoms with E-state index in [-0.39, 0.29) is 24.7 Å². The largest absolute Gasteiger partial charge is 0.504 e. The zero-order valence-electron chi connectivity index (χ0n) is 21.4. The van der Waals surface area contributed by atoms with Crippen LogP contribution in [0.15, 0.2) is 65.4 Å². The number of nitrogens with zero attached hydrogens (tertiary/aromatic N) is 1. The first-order valence-electron chi connectivity index (χ1n) is 11.8. The molecule has 1 heterocycles. The van der Waals surface area contributed by atoms with Crippen LogP contribution in [0, 0.1) is 0 Å². The Morgan fingerprint density at radius 2 is 2.03 bits per heavy atom. The van der Waals surface area contributed by atoms with E-state index in [2.05, 4.69) is 27.7 Å². The lowest BCUT2D eigenvalue weighted by Crippen LogP contribution is -2.45. The Hall–Kier alpha value is -4.38. The van der Waals surface area contributed by atoms with Crippen molar-refractivity contribution in [3.05, 3.63) is 77.0 Å². The Balaban J connectivity index is 1.72. The van der Waals surface area contributed by atoms with Gasteiger partial charge >= 0.3 is 5.97 Å². The number of benzene rings is 2. The minimum Gasteiger partial charge on any atom is -0.504 e. The molecular weight excluding hydrogens is 508 g/mol. The topological polar surface area (TPSA) is 131 Å². The summed E-state index contributed by atoms with van der Waals surface area (Å²) < 4.78 is 16.2. The average Bonchev–Trinajstić information content (AvgIpc) is 2.89. The lowest BCUT2D eigenvalue weighted by molar-refractivity contribution is -0.139. The molecule has 11 heteroatoms. The van der Waals surface area contributed by atoms with Crippen molar-refractivity contribution in [3.63, 3.8) is 0 Å². The van der Waals surface area contributed by atoms with E-state index in [0.717, 1.165) is 0 Å². The second kappa shape index (κ2) is 13.2. The number of hydrogen-bond acceptors (Lipinski definition) is 8. The Morgan fingerprint density at radius 1 is 1.26 bits per heavy atom. The van der Waals surface area contributed by atoms with Crippen LogP contribution < -0.4 is 25.5 Å². The molecule has 4 N–H and O–H groups in total. The summed E-state index contributed by atoms with van der Waals surface area (Å²) in [4.78, 5) is 25.1. The molecule has 1 aliphatic rings. The van der Waals surface area contributed by atoms with Gasteiger partial charge in [-0.15, -0.1) is 6.58 Å². The number of para-hydroxylation sites is 1. The van der Waals surface area contributed by atoms with Crippen LogP contribution in [0.25, 0.3) is 0 Å². The lowest BCUT2D eigenvalue weighted by atomic mass is 9.95. The molecule has 0 aliphatic carbocycles. The summed E-state index contributed by atoms with van der Waals surface area (Å²) in [6.07, 6.45) is 3.53. The number of aromatic hydroxyl groups is 1. The number of thiocarbonyl (C=S) groups is 1. The number of carbonyl (C=O) groups excluding carboxylic acids is 2. The molecule has 1 atom stereocenters. The number of ether oxygens (including phenoxy) is 3. The number of esters is 1. The van der Waals surface area contributed by atoms with Gasteiger partial charge in [0.25, 0.3) is 5.91 Å². The fourth-order valence-electron chi connectivity index (χ4n) is 3.84. The van der Waals surface area contributed by atoms with Gasteiger partial charge in [-0.2, -0.15) is 5.10 Å². The van der Waals surface area contributed by atoms with Crippen molar-refractivity contribution in [3.8, 4) is 17.2 Å². The zero-order chi connectivity index (χ0) is 27.7. The molecule has 0 radical (unpaired) electrons. The summed E-state index contributed by atoms with van der Waals surface area (Å²) in [6.45, 7) is 7.04. The van der Waals surface area contributed by atoms with Crippen molar-refractivity contribution in [2.24, 2.45) is 5.10 Å². The summed E-state index contributed by atoms with van der Waals surface area (Å²) in [6, 6.07) is 9.71. The van der Waals surface area contributed by atoms with E-state index in [1.807, 2.05) is 0 Å². The number of phenolic OH excluding ortho intramolecular Hbond substituents is 1. The number of rotatable bonds is 11. The summed E-state index contributed by atoms with van der Waals surface area (Å²) >= 11 is 5.29. The second-order valence-electron chi connectivity index (χ2n) is 8.13. The number of methoxy groups -OCH3 is 1. The van der Waals surface area contributed by atoms with Gasteiger partial charge in [-0.3, -0.25) is 4.79 Å². The maximum Gasteiger partial charge on any atom is 0.338 e. The Morgan fingerprint density at radius 3 is 2.74 bits per heavy atom. The highest BCUT2D eigenvalue weighted by atomic mass is 32.1. The molecule has 2 aromatic carbocycles. The molecule has 2 aromatic rings. The van der Waals surface area contributed by atoms with Crippen LogP contribution in [-0.4, -0.2) is 48.6 Å². The van der Waals surface area contributed by atoms with Crippen molar-refractivity contribution in [2.45, 2.75) is 26.3 Å². The molecule has 1 amide bonds. The van der Waals surface area contributed by atoms with Crippen LogP contribution in [0.3, 0.4) is 0 Å². The van der Waals surface area contributed by atoms with Crippen molar-refractivity contribution >= 4 is 35.4 Å². The summed E-state index contributed by atoms with van der Waals surface area (Å²) in [7, 11) is 1.45. The third-order valence-electron chi connectivity index (χ3n) is 5.52. The SMILES string of the molecule is C=CCc1cc(C=NNC(=O)COc2ccccc2[C@H]2NC(=S)NC(C)=C2C(=O)OCC)cc(OC)c1O. The van der Waals surface area contributed by atoms with Gasteiger partial charge in [-0.05, 0) is 56.2 Å². The highest BCUT2D eigenvalue weighted by Gasteiger charge is 2.32. The molecule has 38 heavy (non-hydrogen) atoms. The molecule has 1 aliphatic heterocycles. The van der Waals surface area contributed by atoms with Crippen LogP contribution >= 0.6 is 12.2 Å². The maximum atomic E-state index is 12.7. The van der Waals surface area contributed by atoms with Crippen molar-refractivity contribution < 1.29 is 28.9 Å². The molecule has 0 fully saturated rings. The van der Waals surface area contributed by atoms with E-state index in [4.69, 9.17) is 26.4 Å². The number of nitrogens with one attached hydrogen (secondary N) is 3. The van der Waals surface area contributed by atoms with Crippen LogP contribution in [0.5, 0.6) is 17.2 Å². The number of carbonyl (C=O) groups is 2. The van der Waals surface area contributed by atoms with Gasteiger partial charge in [0.05, 0.1) is 31.5 Å². The molecule has 0 unspecified atom stereocenters. The number of allylic oxidation sites excluding steroid dienone is 2. The minimum absolute atomic E-state index is 0.0285. The highest BCUT2D eigenvalue weighted by Crippen LogP contribution is 2.34. The third kappa shape index (κ3) is 6.88. The predicted octanol–water partition coefficient (Wildman–Crippen LogP) is 3.01. The van der Waals surface area contributed by atoms with E-state index in [9.17, 15) is 14.7 Å². The quantitative estimate of drug-likeness (QED) is 0.112. The van der Waals surface area contributed by atoms with Crippen LogP contribution in [0.2, 0.25) is 0 Å². The minimum atomic E-state index is -0.630. The van der Waals surface area contributed by atoms with Crippen molar-refractivity contribution in [1.29, 1.82) is 0 Å². The molecule has 10 nitrogen and oxygen atoms in total. The third-order valence-corrected chi connectivity index (χ3v) is 5.74. The fraction of sp³-hybridized carbons (Fsp3) is 0.259. The molecule has 0 bridgehead atoms. The van der Waals surface area contributed by atoms with Crippen molar-refractivity contribution in [2.75, 3.05) is 20.3 Å². The van der Waals surface area contributed by atoms with E-state index in [1.54, 1.807) is 56.3 Å². The maximum absolute atomic E-state index is 12.7. The van der Waals surface area contributed by atoms with Crippen molar-refractivity contribution in [1.82, 2.24) is 16.1 Å². The second-order valence-corrected chi connectivity index (χ2v) is 8.54. The van der Waals surface area contributed by atoms with E-state index in [0.29, 0.717) is 45.2 Å². The normalized spacial score (nSPS) is 14.9. The van der Waals surface area contributed by atoms with E-state index >= 15 is 0 Å². The Bertz CT molecular complexity index is 1290. The highest BCUT2D eigenvalue weighted by molar-refractivity contribution is 7.80. The number of hydrogen-bond donors (Lipinski definition) is 4. The molecule has 0 saturated heterocycles. The van der Waals surface area contributed by atoms with Gasteiger partial charge in [-0.25, -0.2) is 10.2 Å². The molecule has 0 aromatic heterocycles. The fourth-order valence-corrected chi connectivity index (χ4v) is 4.11. The number of phenols is 1. The van der Waals surface area contributed by atoms with Gasteiger partial charge < -0.3 is 30.0 Å². The first kappa shape index (κ1) is 28.2. The van der Waals surface area contributed by atoms with Crippen LogP contribution in [0.1, 0.15) is 36.6 Å². The monoisotopic (exact) mass is 538 g/mol. The molecular formula is C27H30N4O6S. The summed E-state index contributed by atoms with van der Waals surface area (Å²) in [5.41, 5.74) is 5.19. The van der Waals surface area contributed by atoms with E-state index in [1.165, 1.54) is 13.3 Å². The Kier molecular flexibility index (Phi) is 9.83. The van der Waals surface area contributed by atoms with E-state index < -0.39 is 17.9 Å².